The molecule has 0 aromatic heterocycles. The number of halogens is 2. The fraction of sp³-hybridized carbons (Fsp3) is 0.133. The van der Waals surface area contributed by atoms with Gasteiger partial charge in [-0.2, -0.15) is 5.26 Å². The Balaban J connectivity index is 2.23. The smallest absolute Gasteiger partial charge is 0.145 e. The fourth-order valence-corrected chi connectivity index (χ4v) is 2.04. The van der Waals surface area contributed by atoms with Gasteiger partial charge in [-0.25, -0.2) is 4.39 Å². The van der Waals surface area contributed by atoms with Crippen LogP contribution in [0.5, 0.6) is 0 Å². The fourth-order valence-electron chi connectivity index (χ4n) is 1.85. The molecule has 1 N–H and O–H groups in total. The predicted octanol–water partition coefficient (Wildman–Crippen LogP) is 3.63. The van der Waals surface area contributed by atoms with Gasteiger partial charge in [0, 0.05) is 6.42 Å². The van der Waals surface area contributed by atoms with Gasteiger partial charge >= 0.3 is 0 Å². The Morgan fingerprint density at radius 2 is 2.00 bits per heavy atom. The molecule has 96 valence electrons. The maximum absolute atomic E-state index is 13.7. The van der Waals surface area contributed by atoms with Crippen molar-refractivity contribution in [1.82, 2.24) is 0 Å². The summed E-state index contributed by atoms with van der Waals surface area (Å²) >= 11 is 5.69. The SMILES string of the molecule is N#Cc1cccc(C(O)Cc2cccc(Cl)c2F)c1. The second kappa shape index (κ2) is 5.83. The Bertz CT molecular complexity index is 636. The number of rotatable bonds is 3. The van der Waals surface area contributed by atoms with Crippen LogP contribution < -0.4 is 0 Å². The molecule has 0 spiro atoms. The van der Waals surface area contributed by atoms with Gasteiger partial charge in [-0.3, -0.25) is 0 Å². The van der Waals surface area contributed by atoms with E-state index >= 15 is 0 Å². The Morgan fingerprint density at radius 3 is 2.74 bits per heavy atom. The molecule has 1 atom stereocenters. The van der Waals surface area contributed by atoms with Crippen molar-refractivity contribution in [3.8, 4) is 6.07 Å². The molecule has 0 heterocycles. The van der Waals surface area contributed by atoms with Crippen LogP contribution in [0.1, 0.15) is 22.8 Å². The lowest BCUT2D eigenvalue weighted by atomic mass is 10.00. The second-order valence-electron chi connectivity index (χ2n) is 4.17. The molecule has 1 unspecified atom stereocenters. The van der Waals surface area contributed by atoms with Crippen LogP contribution in [0.4, 0.5) is 4.39 Å². The molecule has 2 aromatic rings. The monoisotopic (exact) mass is 275 g/mol. The van der Waals surface area contributed by atoms with E-state index in [1.807, 2.05) is 6.07 Å². The van der Waals surface area contributed by atoms with E-state index < -0.39 is 11.9 Å². The summed E-state index contributed by atoms with van der Waals surface area (Å²) in [6.07, 6.45) is -0.761. The maximum Gasteiger partial charge on any atom is 0.145 e. The highest BCUT2D eigenvalue weighted by molar-refractivity contribution is 6.30. The van der Waals surface area contributed by atoms with Gasteiger partial charge in [-0.1, -0.05) is 35.9 Å². The quantitative estimate of drug-likeness (QED) is 0.930. The third-order valence-corrected chi connectivity index (χ3v) is 3.14. The first-order valence-electron chi connectivity index (χ1n) is 5.73. The average molecular weight is 276 g/mol. The summed E-state index contributed by atoms with van der Waals surface area (Å²) in [6, 6.07) is 13.3. The zero-order chi connectivity index (χ0) is 13.8. The third-order valence-electron chi connectivity index (χ3n) is 2.85. The number of aliphatic hydroxyl groups excluding tert-OH is 1. The minimum absolute atomic E-state index is 0.0375. The molecule has 2 rings (SSSR count). The third kappa shape index (κ3) is 3.11. The summed E-state index contributed by atoms with van der Waals surface area (Å²) in [6.45, 7) is 0. The molecule has 0 bridgehead atoms. The zero-order valence-electron chi connectivity index (χ0n) is 9.98. The number of hydrogen-bond donors (Lipinski definition) is 1. The van der Waals surface area contributed by atoms with E-state index in [4.69, 9.17) is 16.9 Å². The number of nitrogens with zero attached hydrogens (tertiary/aromatic N) is 1. The van der Waals surface area contributed by atoms with Gasteiger partial charge in [0.25, 0.3) is 0 Å². The molecule has 0 aliphatic carbocycles. The Morgan fingerprint density at radius 1 is 1.26 bits per heavy atom. The summed E-state index contributed by atoms with van der Waals surface area (Å²) in [5, 5.41) is 18.9. The van der Waals surface area contributed by atoms with Gasteiger partial charge in [0.15, 0.2) is 0 Å². The lowest BCUT2D eigenvalue weighted by Gasteiger charge is -2.12. The molecule has 0 saturated carbocycles. The Labute approximate surface area is 115 Å². The highest BCUT2D eigenvalue weighted by atomic mass is 35.5. The molecule has 4 heteroatoms. The lowest BCUT2D eigenvalue weighted by Crippen LogP contribution is -2.04. The molecule has 0 radical (unpaired) electrons. The van der Waals surface area contributed by atoms with Gasteiger partial charge in [-0.05, 0) is 29.3 Å². The van der Waals surface area contributed by atoms with Crippen LogP contribution in [0.25, 0.3) is 0 Å². The second-order valence-corrected chi connectivity index (χ2v) is 4.58. The van der Waals surface area contributed by atoms with Crippen LogP contribution >= 0.6 is 11.6 Å². The van der Waals surface area contributed by atoms with E-state index in [-0.39, 0.29) is 11.4 Å². The minimum atomic E-state index is -0.874. The van der Waals surface area contributed by atoms with E-state index in [2.05, 4.69) is 0 Å². The van der Waals surface area contributed by atoms with E-state index in [1.54, 1.807) is 36.4 Å². The van der Waals surface area contributed by atoms with E-state index in [9.17, 15) is 9.50 Å². The standard InChI is InChI=1S/C15H11ClFNO/c16-13-6-2-5-12(15(13)17)8-14(19)11-4-1-3-10(7-11)9-18/h1-7,14,19H,8H2. The maximum atomic E-state index is 13.7. The van der Waals surface area contributed by atoms with Gasteiger partial charge < -0.3 is 5.11 Å². The van der Waals surface area contributed by atoms with Crippen molar-refractivity contribution in [2.75, 3.05) is 0 Å². The van der Waals surface area contributed by atoms with Crippen molar-refractivity contribution >= 4 is 11.6 Å². The van der Waals surface area contributed by atoms with Gasteiger partial charge in [0.1, 0.15) is 5.82 Å². The van der Waals surface area contributed by atoms with Gasteiger partial charge in [0.05, 0.1) is 22.8 Å². The van der Waals surface area contributed by atoms with Crippen LogP contribution in [-0.4, -0.2) is 5.11 Å². The van der Waals surface area contributed by atoms with E-state index in [1.165, 1.54) is 6.07 Å². The van der Waals surface area contributed by atoms with Crippen LogP contribution in [0, 0.1) is 17.1 Å². The Kier molecular flexibility index (Phi) is 4.16. The minimum Gasteiger partial charge on any atom is -0.388 e. The number of hydrogen-bond acceptors (Lipinski definition) is 2. The first-order valence-corrected chi connectivity index (χ1v) is 6.10. The lowest BCUT2D eigenvalue weighted by molar-refractivity contribution is 0.177. The summed E-state index contributed by atoms with van der Waals surface area (Å²) < 4.78 is 13.7. The largest absolute Gasteiger partial charge is 0.388 e. The number of aliphatic hydroxyl groups is 1. The molecule has 0 saturated heterocycles. The average Bonchev–Trinajstić information content (AvgIpc) is 2.44. The normalized spacial score (nSPS) is 11.9. The van der Waals surface area contributed by atoms with Crippen molar-refractivity contribution in [3.63, 3.8) is 0 Å². The van der Waals surface area contributed by atoms with Crippen molar-refractivity contribution in [1.29, 1.82) is 5.26 Å². The molecule has 2 nitrogen and oxygen atoms in total. The zero-order valence-corrected chi connectivity index (χ0v) is 10.7. The summed E-state index contributed by atoms with van der Waals surface area (Å²) in [4.78, 5) is 0. The van der Waals surface area contributed by atoms with Crippen LogP contribution in [0.15, 0.2) is 42.5 Å². The summed E-state index contributed by atoms with van der Waals surface area (Å²) in [7, 11) is 0. The first kappa shape index (κ1) is 13.5. The molecule has 0 aliphatic heterocycles. The van der Waals surface area contributed by atoms with Crippen molar-refractivity contribution in [3.05, 3.63) is 70.0 Å². The highest BCUT2D eigenvalue weighted by Gasteiger charge is 2.13. The van der Waals surface area contributed by atoms with Crippen LogP contribution in [0.3, 0.4) is 0 Å². The first-order chi connectivity index (χ1) is 9.11. The van der Waals surface area contributed by atoms with Gasteiger partial charge in [0.2, 0.25) is 0 Å². The topological polar surface area (TPSA) is 44.0 Å². The van der Waals surface area contributed by atoms with Crippen LogP contribution in [-0.2, 0) is 6.42 Å². The molecule has 19 heavy (non-hydrogen) atoms. The van der Waals surface area contributed by atoms with Crippen LogP contribution in [0.2, 0.25) is 5.02 Å². The predicted molar refractivity (Wildman–Crippen MR) is 71.2 cm³/mol. The summed E-state index contributed by atoms with van der Waals surface area (Å²) in [5.74, 6) is -0.514. The molecule has 0 aliphatic rings. The van der Waals surface area contributed by atoms with E-state index in [0.29, 0.717) is 16.7 Å². The number of benzene rings is 2. The number of nitriles is 1. The summed E-state index contributed by atoms with van der Waals surface area (Å²) in [5.41, 5.74) is 1.39. The van der Waals surface area contributed by atoms with Crippen molar-refractivity contribution < 1.29 is 9.50 Å². The van der Waals surface area contributed by atoms with E-state index in [0.717, 1.165) is 0 Å². The molecular weight excluding hydrogens is 265 g/mol. The molecule has 0 amide bonds. The molecular formula is C15H11ClFNO. The van der Waals surface area contributed by atoms with Gasteiger partial charge in [-0.15, -0.1) is 0 Å². The molecule has 0 fully saturated rings. The highest BCUT2D eigenvalue weighted by Crippen LogP contribution is 2.24. The molecule has 2 aromatic carbocycles. The Hall–Kier alpha value is -1.89. The van der Waals surface area contributed by atoms with Crippen molar-refractivity contribution in [2.45, 2.75) is 12.5 Å². The van der Waals surface area contributed by atoms with Crippen molar-refractivity contribution in [2.24, 2.45) is 0 Å².